The molecule has 0 saturated heterocycles. The Morgan fingerprint density at radius 3 is 2.31 bits per heavy atom. The molecule has 2 aromatic heterocycles. The molecule has 0 radical (unpaired) electrons. The molecule has 4 aromatic carbocycles. The van der Waals surface area contributed by atoms with E-state index < -0.39 is 11.1 Å². The highest BCUT2D eigenvalue weighted by Gasteiger charge is 2.42. The first-order chi connectivity index (χ1) is 26.9. The molecule has 0 bridgehead atoms. The first kappa shape index (κ1) is 34.9. The van der Waals surface area contributed by atoms with Gasteiger partial charge in [0.2, 0.25) is 0 Å². The van der Waals surface area contributed by atoms with Crippen LogP contribution in [0, 0.1) is 0 Å². The van der Waals surface area contributed by atoms with Gasteiger partial charge in [0, 0.05) is 23.2 Å². The van der Waals surface area contributed by atoms with E-state index in [9.17, 15) is 9.90 Å². The highest BCUT2D eigenvalue weighted by Crippen LogP contribution is 2.44. The molecule has 2 N–H and O–H groups in total. The van der Waals surface area contributed by atoms with Crippen molar-refractivity contribution in [2.24, 2.45) is 4.99 Å². The molecule has 8 nitrogen and oxygen atoms in total. The fourth-order valence-corrected chi connectivity index (χ4v) is 9.09. The lowest BCUT2D eigenvalue weighted by Crippen LogP contribution is -2.48. The van der Waals surface area contributed by atoms with Crippen molar-refractivity contribution in [2.75, 3.05) is 0 Å². The predicted molar refractivity (Wildman–Crippen MR) is 219 cm³/mol. The lowest BCUT2D eigenvalue weighted by Gasteiger charge is -2.37. The number of hydrogen-bond acceptors (Lipinski definition) is 5. The van der Waals surface area contributed by atoms with Gasteiger partial charge in [0.1, 0.15) is 5.54 Å². The molecule has 276 valence electrons. The summed E-state index contributed by atoms with van der Waals surface area (Å²) in [6.45, 7) is 2.53. The van der Waals surface area contributed by atoms with Crippen LogP contribution in [0.4, 0.5) is 0 Å². The van der Waals surface area contributed by atoms with Crippen LogP contribution < -0.4 is 5.32 Å². The van der Waals surface area contributed by atoms with Crippen molar-refractivity contribution < 1.29 is 9.90 Å². The predicted octanol–water partition coefficient (Wildman–Crippen LogP) is 8.38. The number of carbonyl (C=O) groups is 1. The zero-order valence-electron chi connectivity index (χ0n) is 31.2. The van der Waals surface area contributed by atoms with Crippen LogP contribution in [0.3, 0.4) is 0 Å². The van der Waals surface area contributed by atoms with Crippen LogP contribution in [-0.2, 0) is 18.5 Å². The normalized spacial score (nSPS) is 20.9. The molecule has 1 fully saturated rings. The summed E-state index contributed by atoms with van der Waals surface area (Å²) in [4.78, 5) is 18.8. The van der Waals surface area contributed by atoms with E-state index in [1.807, 2.05) is 47.4 Å². The van der Waals surface area contributed by atoms with E-state index in [-0.39, 0.29) is 18.0 Å². The number of amides is 1. The molecule has 3 heterocycles. The number of hydrogen-bond donors (Lipinski definition) is 2. The van der Waals surface area contributed by atoms with Gasteiger partial charge < -0.3 is 10.4 Å². The van der Waals surface area contributed by atoms with Gasteiger partial charge in [0.25, 0.3) is 5.91 Å². The zero-order valence-corrected chi connectivity index (χ0v) is 31.2. The van der Waals surface area contributed by atoms with Crippen LogP contribution in [-0.4, -0.2) is 54.5 Å². The second-order valence-corrected chi connectivity index (χ2v) is 15.5. The molecular formula is C47H46N6O2. The van der Waals surface area contributed by atoms with Gasteiger partial charge in [-0.2, -0.15) is 10.2 Å². The maximum atomic E-state index is 14.2. The van der Waals surface area contributed by atoms with Gasteiger partial charge in [-0.3, -0.25) is 14.5 Å². The number of aliphatic hydroxyl groups is 1. The number of allylic oxidation sites excluding steroid dienone is 2. The summed E-state index contributed by atoms with van der Waals surface area (Å²) in [6.07, 6.45) is 15.7. The molecule has 1 saturated carbocycles. The van der Waals surface area contributed by atoms with E-state index >= 15 is 0 Å². The summed E-state index contributed by atoms with van der Waals surface area (Å²) in [5.41, 5.74) is 7.18. The molecule has 3 aliphatic rings. The van der Waals surface area contributed by atoms with E-state index in [1.165, 1.54) is 5.56 Å². The number of nitrogens with zero attached hydrogens (tertiary/aromatic N) is 5. The number of carbonyl (C=O) groups excluding carboxylic acids is 1. The Balaban J connectivity index is 1.12. The highest BCUT2D eigenvalue weighted by atomic mass is 16.3. The second-order valence-electron chi connectivity index (χ2n) is 15.5. The van der Waals surface area contributed by atoms with E-state index in [0.717, 1.165) is 76.7 Å². The second kappa shape index (κ2) is 14.4. The molecule has 0 spiro atoms. The average Bonchev–Trinajstić information content (AvgIpc) is 3.81. The summed E-state index contributed by atoms with van der Waals surface area (Å²) >= 11 is 0. The summed E-state index contributed by atoms with van der Waals surface area (Å²) in [6, 6.07) is 37.6. The summed E-state index contributed by atoms with van der Waals surface area (Å²) in [7, 11) is 0. The minimum absolute atomic E-state index is 0.113. The number of rotatable bonds is 9. The van der Waals surface area contributed by atoms with Crippen molar-refractivity contribution in [2.45, 2.75) is 81.6 Å². The Morgan fingerprint density at radius 1 is 0.945 bits per heavy atom. The van der Waals surface area contributed by atoms with Crippen LogP contribution >= 0.6 is 0 Å². The van der Waals surface area contributed by atoms with Crippen molar-refractivity contribution >= 4 is 34.7 Å². The largest absolute Gasteiger partial charge is 0.388 e. The number of aliphatic imine (C=N–C) groups is 1. The Morgan fingerprint density at radius 2 is 1.64 bits per heavy atom. The van der Waals surface area contributed by atoms with Gasteiger partial charge in [-0.1, -0.05) is 97.1 Å². The van der Waals surface area contributed by atoms with Crippen LogP contribution in [0.25, 0.3) is 22.6 Å². The quantitative estimate of drug-likeness (QED) is 0.146. The van der Waals surface area contributed by atoms with Crippen molar-refractivity contribution in [3.63, 3.8) is 0 Å². The zero-order chi connectivity index (χ0) is 37.4. The van der Waals surface area contributed by atoms with Crippen molar-refractivity contribution in [3.05, 3.63) is 167 Å². The van der Waals surface area contributed by atoms with Crippen LogP contribution in [0.1, 0.15) is 89.4 Å². The molecule has 1 aliphatic heterocycles. The monoisotopic (exact) mass is 726 g/mol. The van der Waals surface area contributed by atoms with Crippen molar-refractivity contribution in [3.8, 4) is 0 Å². The molecular weight excluding hydrogens is 681 g/mol. The lowest BCUT2D eigenvalue weighted by molar-refractivity contribution is -0.0239. The van der Waals surface area contributed by atoms with E-state index in [0.29, 0.717) is 24.9 Å². The average molecular weight is 727 g/mol. The maximum Gasteiger partial charge on any atom is 0.251 e. The number of aromatic nitrogens is 4. The minimum Gasteiger partial charge on any atom is -0.388 e. The first-order valence-electron chi connectivity index (χ1n) is 19.6. The van der Waals surface area contributed by atoms with Crippen LogP contribution in [0.2, 0.25) is 0 Å². The molecule has 1 amide bonds. The first-order valence-corrected chi connectivity index (χ1v) is 19.6. The number of fused-ring (bicyclic) bond motifs is 2. The molecule has 2 unspecified atom stereocenters. The fourth-order valence-electron chi connectivity index (χ4n) is 9.09. The third kappa shape index (κ3) is 6.44. The third-order valence-electron chi connectivity index (χ3n) is 11.7. The highest BCUT2D eigenvalue weighted by molar-refractivity contribution is 6.02. The SMILES string of the molecule is CC1CC(c2nn(C(c3ccccc3)(c3ccccc3)c3ccccc3)c3ccc(C(=O)N[C@@H]4CCCC(O)(Cn5ncc6c5C=CCC6)C4)cc23)=CC=N1. The maximum absolute atomic E-state index is 14.2. The summed E-state index contributed by atoms with van der Waals surface area (Å²) in [5, 5.41) is 26.2. The Bertz CT molecular complexity index is 2330. The van der Waals surface area contributed by atoms with Crippen LogP contribution in [0.5, 0.6) is 0 Å². The molecule has 55 heavy (non-hydrogen) atoms. The Kier molecular flexibility index (Phi) is 9.14. The number of benzene rings is 4. The fraction of sp³-hybridized carbons (Fsp3) is 0.277. The van der Waals surface area contributed by atoms with E-state index in [2.05, 4.69) is 124 Å². The smallest absolute Gasteiger partial charge is 0.251 e. The molecule has 2 aliphatic carbocycles. The lowest BCUT2D eigenvalue weighted by atomic mass is 9.77. The molecule has 9 rings (SSSR count). The van der Waals surface area contributed by atoms with Crippen molar-refractivity contribution in [1.29, 1.82) is 0 Å². The van der Waals surface area contributed by atoms with E-state index in [4.69, 9.17) is 5.10 Å². The molecule has 6 aromatic rings. The van der Waals surface area contributed by atoms with Gasteiger partial charge in [-0.15, -0.1) is 0 Å². The summed E-state index contributed by atoms with van der Waals surface area (Å²) < 4.78 is 4.11. The standard InChI is InChI=1S/C47H46N6O2/c1-33-28-34(25-27-48-33)44-41-29-35(45(54)50-40-21-13-26-46(55,30-40)32-52-42-22-12-11-14-36(42)31-49-52)23-24-43(41)53(51-44)47(37-15-5-2-6-16-37,38-17-7-3-8-18-38)39-19-9-4-10-20-39/h2-10,12,15-20,22-25,27,29,31,33,40,55H,11,13-14,21,26,28,30,32H2,1H3,(H,50,54)/t33?,40-,46?/m1/s1. The number of aryl methyl sites for hydroxylation is 1. The van der Waals surface area contributed by atoms with Gasteiger partial charge >= 0.3 is 0 Å². The minimum atomic E-state index is -0.957. The third-order valence-corrected chi connectivity index (χ3v) is 11.7. The van der Waals surface area contributed by atoms with Crippen molar-refractivity contribution in [1.82, 2.24) is 24.9 Å². The number of nitrogens with one attached hydrogen (secondary N) is 1. The van der Waals surface area contributed by atoms with Gasteiger partial charge in [0.15, 0.2) is 0 Å². The number of dihydropyridines is 1. The van der Waals surface area contributed by atoms with Gasteiger partial charge in [-0.25, -0.2) is 4.68 Å². The topological polar surface area (TPSA) is 97.3 Å². The van der Waals surface area contributed by atoms with E-state index in [1.54, 1.807) is 0 Å². The van der Waals surface area contributed by atoms with Gasteiger partial charge in [-0.05, 0) is 110 Å². The van der Waals surface area contributed by atoms with Crippen LogP contribution in [0.15, 0.2) is 133 Å². The Hall–Kier alpha value is -5.86. The Labute approximate surface area is 321 Å². The summed E-state index contributed by atoms with van der Waals surface area (Å²) in [5.74, 6) is -0.151. The molecule has 3 atom stereocenters. The molecule has 8 heteroatoms. The van der Waals surface area contributed by atoms with Gasteiger partial charge in [0.05, 0.1) is 41.3 Å².